The molecule has 0 spiro atoms. The van der Waals surface area contributed by atoms with E-state index in [1.54, 1.807) is 48.5 Å². The molecule has 1 aliphatic heterocycles. The first kappa shape index (κ1) is 16.5. The Bertz CT molecular complexity index is 804. The Hall–Kier alpha value is -2.37. The Labute approximate surface area is 148 Å². The lowest BCUT2D eigenvalue weighted by Gasteiger charge is -2.16. The molecule has 1 fully saturated rings. The van der Waals surface area contributed by atoms with Gasteiger partial charge in [0.1, 0.15) is 0 Å². The fourth-order valence-corrected chi connectivity index (χ4v) is 3.01. The second-order valence-electron chi connectivity index (χ2n) is 5.25. The quantitative estimate of drug-likeness (QED) is 0.852. The molecule has 0 aromatic heterocycles. The molecule has 5 nitrogen and oxygen atoms in total. The zero-order valence-electron chi connectivity index (χ0n) is 12.3. The third kappa shape index (κ3) is 3.00. The highest BCUT2D eigenvalue weighted by molar-refractivity contribution is 6.40. The molecule has 2 aromatic rings. The molecule has 1 heterocycles. The first-order valence-corrected chi connectivity index (χ1v) is 7.88. The zero-order chi connectivity index (χ0) is 17.3. The number of para-hydroxylation sites is 2. The molecule has 2 aromatic carbocycles. The van der Waals surface area contributed by atoms with Crippen LogP contribution in [0, 0.1) is 5.92 Å². The number of hydrogen-bond acceptors (Lipinski definition) is 3. The van der Waals surface area contributed by atoms with Gasteiger partial charge in [0.25, 0.3) is 0 Å². The maximum absolute atomic E-state index is 12.5. The number of anilines is 2. The van der Waals surface area contributed by atoms with Crippen molar-refractivity contribution in [3.05, 3.63) is 58.6 Å². The fourth-order valence-electron chi connectivity index (χ4n) is 2.52. The Balaban J connectivity index is 1.83. The first-order valence-electron chi connectivity index (χ1n) is 7.13. The number of hydrogen-bond donors (Lipinski definition) is 1. The van der Waals surface area contributed by atoms with Gasteiger partial charge in [-0.25, -0.2) is 0 Å². The number of nitrogens with one attached hydrogen (secondary N) is 1. The van der Waals surface area contributed by atoms with Gasteiger partial charge < -0.3 is 10.2 Å². The van der Waals surface area contributed by atoms with Crippen LogP contribution in [0.2, 0.25) is 10.0 Å². The Morgan fingerprint density at radius 3 is 2.25 bits per heavy atom. The summed E-state index contributed by atoms with van der Waals surface area (Å²) >= 11 is 12.0. The molecule has 0 radical (unpaired) electrons. The zero-order valence-corrected chi connectivity index (χ0v) is 13.8. The summed E-state index contributed by atoms with van der Waals surface area (Å²) in [6, 6.07) is 13.5. The van der Waals surface area contributed by atoms with Gasteiger partial charge in [0.2, 0.25) is 11.8 Å². The number of rotatable bonds is 3. The maximum atomic E-state index is 12.5. The number of amides is 2. The van der Waals surface area contributed by atoms with E-state index in [-0.39, 0.29) is 22.3 Å². The highest BCUT2D eigenvalue weighted by Crippen LogP contribution is 2.31. The lowest BCUT2D eigenvalue weighted by Crippen LogP contribution is -2.34. The van der Waals surface area contributed by atoms with E-state index in [2.05, 4.69) is 5.32 Å². The molecule has 0 saturated carbocycles. The van der Waals surface area contributed by atoms with E-state index >= 15 is 0 Å². The highest BCUT2D eigenvalue weighted by atomic mass is 35.5. The number of halogens is 2. The van der Waals surface area contributed by atoms with Crippen LogP contribution in [-0.2, 0) is 14.4 Å². The van der Waals surface area contributed by atoms with Gasteiger partial charge in [0.05, 0.1) is 22.3 Å². The molecule has 3 rings (SSSR count). The number of ketones is 1. The lowest BCUT2D eigenvalue weighted by atomic mass is 10.1. The summed E-state index contributed by atoms with van der Waals surface area (Å²) in [6.45, 7) is -0.142. The third-order valence-corrected chi connectivity index (χ3v) is 4.32. The molecule has 122 valence electrons. The van der Waals surface area contributed by atoms with Crippen molar-refractivity contribution in [2.45, 2.75) is 0 Å². The van der Waals surface area contributed by atoms with Gasteiger partial charge in [0, 0.05) is 5.69 Å². The number of benzene rings is 2. The fraction of sp³-hybridized carbons (Fsp3) is 0.118. The van der Waals surface area contributed by atoms with E-state index in [0.717, 1.165) is 0 Å². The van der Waals surface area contributed by atoms with Crippen LogP contribution in [0.4, 0.5) is 11.4 Å². The maximum Gasteiger partial charge on any atom is 0.247 e. The van der Waals surface area contributed by atoms with Crippen LogP contribution in [0.3, 0.4) is 0 Å². The van der Waals surface area contributed by atoms with Gasteiger partial charge in [-0.05, 0) is 24.3 Å². The predicted octanol–water partition coefficient (Wildman–Crippen LogP) is 3.16. The first-order chi connectivity index (χ1) is 11.5. The van der Waals surface area contributed by atoms with Crippen LogP contribution in [0.25, 0.3) is 0 Å². The Kier molecular flexibility index (Phi) is 4.55. The van der Waals surface area contributed by atoms with Crippen molar-refractivity contribution in [3.8, 4) is 0 Å². The van der Waals surface area contributed by atoms with Gasteiger partial charge in [-0.2, -0.15) is 0 Å². The van der Waals surface area contributed by atoms with Gasteiger partial charge >= 0.3 is 0 Å². The molecule has 1 saturated heterocycles. The molecular weight excluding hydrogens is 351 g/mol. The van der Waals surface area contributed by atoms with E-state index in [0.29, 0.717) is 5.69 Å². The minimum absolute atomic E-state index is 0.142. The number of Topliss-reactive ketones (excluding diaryl/α,β-unsaturated/α-hetero) is 1. The number of nitrogens with zero attached hydrogens (tertiary/aromatic N) is 1. The van der Waals surface area contributed by atoms with Gasteiger partial charge in [0.15, 0.2) is 11.7 Å². The normalized spacial score (nSPS) is 17.2. The second kappa shape index (κ2) is 6.63. The average molecular weight is 363 g/mol. The molecule has 24 heavy (non-hydrogen) atoms. The number of carbonyl (C=O) groups is 3. The summed E-state index contributed by atoms with van der Waals surface area (Å²) < 4.78 is 0. The van der Waals surface area contributed by atoms with E-state index < -0.39 is 23.5 Å². The van der Waals surface area contributed by atoms with E-state index in [1.807, 2.05) is 0 Å². The minimum atomic E-state index is -1.41. The van der Waals surface area contributed by atoms with Crippen LogP contribution >= 0.6 is 23.2 Å². The smallest absolute Gasteiger partial charge is 0.247 e. The number of carbonyl (C=O) groups excluding carboxylic acids is 3. The lowest BCUT2D eigenvalue weighted by molar-refractivity contribution is -0.134. The van der Waals surface area contributed by atoms with Crippen LogP contribution in [0.5, 0.6) is 0 Å². The van der Waals surface area contributed by atoms with Crippen molar-refractivity contribution in [1.82, 2.24) is 0 Å². The summed E-state index contributed by atoms with van der Waals surface area (Å²) in [7, 11) is 0. The minimum Gasteiger partial charge on any atom is -0.322 e. The Morgan fingerprint density at radius 1 is 1.00 bits per heavy atom. The van der Waals surface area contributed by atoms with Crippen LogP contribution < -0.4 is 10.2 Å². The highest BCUT2D eigenvalue weighted by Gasteiger charge is 2.44. The van der Waals surface area contributed by atoms with Crippen molar-refractivity contribution in [1.29, 1.82) is 0 Å². The molecule has 1 N–H and O–H groups in total. The molecule has 1 aliphatic rings. The predicted molar refractivity (Wildman–Crippen MR) is 92.4 cm³/mol. The average Bonchev–Trinajstić information content (AvgIpc) is 2.86. The topological polar surface area (TPSA) is 66.5 Å². The summed E-state index contributed by atoms with van der Waals surface area (Å²) in [6.07, 6.45) is 0. The van der Waals surface area contributed by atoms with E-state index in [1.165, 1.54) is 4.90 Å². The third-order valence-electron chi connectivity index (χ3n) is 3.69. The monoisotopic (exact) mass is 362 g/mol. The van der Waals surface area contributed by atoms with Gasteiger partial charge in [-0.15, -0.1) is 0 Å². The van der Waals surface area contributed by atoms with Crippen molar-refractivity contribution < 1.29 is 14.4 Å². The van der Waals surface area contributed by atoms with E-state index in [9.17, 15) is 14.4 Å². The summed E-state index contributed by atoms with van der Waals surface area (Å²) in [5.74, 6) is -3.17. The van der Waals surface area contributed by atoms with Crippen molar-refractivity contribution >= 4 is 52.2 Å². The molecular formula is C17H12Cl2N2O3. The van der Waals surface area contributed by atoms with Crippen molar-refractivity contribution in [3.63, 3.8) is 0 Å². The summed E-state index contributed by atoms with van der Waals surface area (Å²) in [5.41, 5.74) is 0.756. The Morgan fingerprint density at radius 2 is 1.62 bits per heavy atom. The van der Waals surface area contributed by atoms with Crippen LogP contribution in [0.15, 0.2) is 48.5 Å². The molecule has 2 amide bonds. The van der Waals surface area contributed by atoms with Crippen molar-refractivity contribution in [2.75, 3.05) is 16.8 Å². The van der Waals surface area contributed by atoms with Crippen LogP contribution in [0.1, 0.15) is 0 Å². The molecule has 0 unspecified atom stereocenters. The largest absolute Gasteiger partial charge is 0.322 e. The molecule has 0 bridgehead atoms. The summed E-state index contributed by atoms with van der Waals surface area (Å²) in [5, 5.41) is 2.94. The van der Waals surface area contributed by atoms with E-state index in [4.69, 9.17) is 23.2 Å². The standard InChI is InChI=1S/C17H12Cl2N2O3/c18-11-7-4-8-12(19)15(11)20-16(23)14-13(22)9-21(17(14)24)10-5-2-1-3-6-10/h1-8,14H,9H2,(H,20,23)/t14-/m1/s1. The van der Waals surface area contributed by atoms with Crippen molar-refractivity contribution in [2.24, 2.45) is 5.92 Å². The molecule has 1 atom stereocenters. The SMILES string of the molecule is O=C1CN(c2ccccc2)C(=O)[C@H]1C(=O)Nc1c(Cl)cccc1Cl. The second-order valence-corrected chi connectivity index (χ2v) is 6.06. The molecule has 7 heteroatoms. The summed E-state index contributed by atoms with van der Waals surface area (Å²) in [4.78, 5) is 38.4. The molecule has 0 aliphatic carbocycles. The van der Waals surface area contributed by atoms with Gasteiger partial charge in [-0.3, -0.25) is 14.4 Å². The van der Waals surface area contributed by atoms with Gasteiger partial charge in [-0.1, -0.05) is 47.5 Å². The van der Waals surface area contributed by atoms with Crippen LogP contribution in [-0.4, -0.2) is 24.1 Å².